The first-order valence-electron chi connectivity index (χ1n) is 11.6. The number of ether oxygens (including phenoxy) is 2. The lowest BCUT2D eigenvalue weighted by atomic mass is 9.98. The number of hydrogen-bond acceptors (Lipinski definition) is 9. The molecule has 0 spiro atoms. The summed E-state index contributed by atoms with van der Waals surface area (Å²) in [5.41, 5.74) is 12.2. The zero-order valence-corrected chi connectivity index (χ0v) is 21.2. The average Bonchev–Trinajstić information content (AvgIpc) is 2.87. The van der Waals surface area contributed by atoms with Crippen LogP contribution in [0.25, 0.3) is 0 Å². The zero-order valence-electron chi connectivity index (χ0n) is 20.3. The molecule has 0 aliphatic carbocycles. The maximum atomic E-state index is 13.2. The SMILES string of the molecule is NC(=O)C1(S(=O)(=O)c2ccc(OCCNC(=O)C/C(N)=N/N(N)Cc3ccccc3)cc2)CCOCC1. The van der Waals surface area contributed by atoms with Crippen LogP contribution >= 0.6 is 0 Å². The fraction of sp³-hybridized carbons (Fsp3) is 0.375. The molecule has 0 radical (unpaired) electrons. The van der Waals surface area contributed by atoms with Crippen LogP contribution in [0.5, 0.6) is 5.75 Å². The van der Waals surface area contributed by atoms with Crippen LogP contribution in [-0.4, -0.2) is 62.3 Å². The predicted molar refractivity (Wildman–Crippen MR) is 137 cm³/mol. The molecule has 200 valence electrons. The van der Waals surface area contributed by atoms with Gasteiger partial charge in [0, 0.05) is 13.2 Å². The summed E-state index contributed by atoms with van der Waals surface area (Å²) in [5.74, 6) is 5.04. The van der Waals surface area contributed by atoms with Crippen molar-refractivity contribution in [1.82, 2.24) is 10.4 Å². The van der Waals surface area contributed by atoms with E-state index in [1.54, 1.807) is 0 Å². The number of hydrazine groups is 1. The van der Waals surface area contributed by atoms with Gasteiger partial charge in [-0.25, -0.2) is 19.4 Å². The summed E-state index contributed by atoms with van der Waals surface area (Å²) in [7, 11) is -4.02. The van der Waals surface area contributed by atoms with E-state index in [0.29, 0.717) is 12.3 Å². The first kappa shape index (κ1) is 27.9. The van der Waals surface area contributed by atoms with Crippen LogP contribution < -0.4 is 27.4 Å². The third kappa shape index (κ3) is 7.18. The molecule has 2 amide bonds. The van der Waals surface area contributed by atoms with Crippen molar-refractivity contribution >= 4 is 27.5 Å². The first-order chi connectivity index (χ1) is 17.6. The molecule has 2 aromatic carbocycles. The summed E-state index contributed by atoms with van der Waals surface area (Å²) in [6.45, 7) is 0.951. The van der Waals surface area contributed by atoms with Gasteiger partial charge in [-0.2, -0.15) is 0 Å². The highest BCUT2D eigenvalue weighted by Crippen LogP contribution is 2.35. The van der Waals surface area contributed by atoms with Crippen molar-refractivity contribution in [2.24, 2.45) is 22.4 Å². The van der Waals surface area contributed by atoms with Gasteiger partial charge in [-0.05, 0) is 42.7 Å². The Labute approximate surface area is 215 Å². The van der Waals surface area contributed by atoms with Crippen LogP contribution in [0.2, 0.25) is 0 Å². The molecule has 2 aromatic rings. The largest absolute Gasteiger partial charge is 0.492 e. The van der Waals surface area contributed by atoms with Gasteiger partial charge >= 0.3 is 0 Å². The molecule has 3 rings (SSSR count). The molecule has 0 unspecified atom stereocenters. The molecule has 0 saturated carbocycles. The standard InChI is InChI=1S/C24H32N6O6S/c25-21(29-30(27)17-18-4-2-1-3-5-18)16-22(31)28-12-15-36-19-6-8-20(9-7-19)37(33,34)24(23(26)32)10-13-35-14-11-24/h1-9H,10-17,27H2,(H2,25,29)(H2,26,32)(H,28,31). The van der Waals surface area contributed by atoms with E-state index < -0.39 is 20.5 Å². The van der Waals surface area contributed by atoms with Gasteiger partial charge in [0.15, 0.2) is 14.6 Å². The maximum absolute atomic E-state index is 13.2. The van der Waals surface area contributed by atoms with Crippen LogP contribution in [0.1, 0.15) is 24.8 Å². The average molecular weight is 533 g/mol. The van der Waals surface area contributed by atoms with Crippen LogP contribution in [-0.2, 0) is 30.7 Å². The van der Waals surface area contributed by atoms with E-state index in [9.17, 15) is 18.0 Å². The Balaban J connectivity index is 1.45. The second-order valence-electron chi connectivity index (χ2n) is 8.50. The molecule has 7 N–H and O–H groups in total. The molecule has 0 bridgehead atoms. The van der Waals surface area contributed by atoms with Gasteiger partial charge in [0.2, 0.25) is 11.8 Å². The molecule has 37 heavy (non-hydrogen) atoms. The first-order valence-corrected chi connectivity index (χ1v) is 13.1. The quantitative estimate of drug-likeness (QED) is 0.0959. The molecule has 1 fully saturated rings. The fourth-order valence-electron chi connectivity index (χ4n) is 3.88. The summed E-state index contributed by atoms with van der Waals surface area (Å²) in [6.07, 6.45) is -0.121. The summed E-state index contributed by atoms with van der Waals surface area (Å²) in [4.78, 5) is 24.2. The number of rotatable bonds is 12. The minimum absolute atomic E-state index is 0.00811. The Morgan fingerprint density at radius 3 is 2.32 bits per heavy atom. The van der Waals surface area contributed by atoms with E-state index in [4.69, 9.17) is 26.8 Å². The van der Waals surface area contributed by atoms with Crippen molar-refractivity contribution in [3.05, 3.63) is 60.2 Å². The molecule has 1 saturated heterocycles. The Morgan fingerprint density at radius 1 is 1.05 bits per heavy atom. The van der Waals surface area contributed by atoms with Gasteiger partial charge in [0.05, 0.1) is 24.4 Å². The number of carbonyl (C=O) groups excluding carboxylic acids is 2. The molecule has 1 aliphatic rings. The van der Waals surface area contributed by atoms with E-state index in [-0.39, 0.29) is 62.3 Å². The smallest absolute Gasteiger partial charge is 0.239 e. The number of nitrogens with two attached hydrogens (primary N) is 3. The van der Waals surface area contributed by atoms with Crippen molar-refractivity contribution < 1.29 is 27.5 Å². The normalized spacial score (nSPS) is 15.5. The van der Waals surface area contributed by atoms with Gasteiger partial charge in [-0.3, -0.25) is 9.59 Å². The van der Waals surface area contributed by atoms with Crippen LogP contribution in [0.4, 0.5) is 0 Å². The van der Waals surface area contributed by atoms with Gasteiger partial charge in [-0.1, -0.05) is 30.3 Å². The Hall–Kier alpha value is -3.68. The number of benzene rings is 2. The molecular weight excluding hydrogens is 500 g/mol. The minimum atomic E-state index is -4.02. The Morgan fingerprint density at radius 2 is 1.70 bits per heavy atom. The van der Waals surface area contributed by atoms with Crippen LogP contribution in [0.15, 0.2) is 64.6 Å². The number of carbonyl (C=O) groups is 2. The highest BCUT2D eigenvalue weighted by atomic mass is 32.2. The number of nitrogens with one attached hydrogen (secondary N) is 1. The summed E-state index contributed by atoms with van der Waals surface area (Å²) < 4.78 is 35.4. The van der Waals surface area contributed by atoms with Crippen molar-refractivity contribution in [3.63, 3.8) is 0 Å². The third-order valence-corrected chi connectivity index (χ3v) is 8.41. The lowest BCUT2D eigenvalue weighted by Crippen LogP contribution is -2.53. The van der Waals surface area contributed by atoms with Gasteiger partial charge in [0.25, 0.3) is 0 Å². The van der Waals surface area contributed by atoms with E-state index in [1.165, 1.54) is 24.3 Å². The highest BCUT2D eigenvalue weighted by Gasteiger charge is 2.51. The maximum Gasteiger partial charge on any atom is 0.239 e. The van der Waals surface area contributed by atoms with E-state index in [0.717, 1.165) is 10.7 Å². The van der Waals surface area contributed by atoms with E-state index in [2.05, 4.69) is 10.4 Å². The van der Waals surface area contributed by atoms with Gasteiger partial charge in [-0.15, -0.1) is 5.10 Å². The second-order valence-corrected chi connectivity index (χ2v) is 10.8. The van der Waals surface area contributed by atoms with Crippen molar-refractivity contribution in [1.29, 1.82) is 0 Å². The lowest BCUT2D eigenvalue weighted by Gasteiger charge is -2.33. The second kappa shape index (κ2) is 12.5. The molecule has 0 atom stereocenters. The Kier molecular flexibility index (Phi) is 9.44. The number of hydrazone groups is 1. The minimum Gasteiger partial charge on any atom is -0.492 e. The van der Waals surface area contributed by atoms with Crippen molar-refractivity contribution in [3.8, 4) is 5.75 Å². The number of amidine groups is 1. The molecule has 13 heteroatoms. The van der Waals surface area contributed by atoms with E-state index in [1.807, 2.05) is 30.3 Å². The number of amides is 2. The summed E-state index contributed by atoms with van der Waals surface area (Å²) in [6, 6.07) is 15.2. The molecule has 0 aromatic heterocycles. The number of sulfone groups is 1. The highest BCUT2D eigenvalue weighted by molar-refractivity contribution is 7.93. The topological polar surface area (TPSA) is 192 Å². The molecule has 1 aliphatic heterocycles. The van der Waals surface area contributed by atoms with Crippen LogP contribution in [0, 0.1) is 0 Å². The zero-order chi connectivity index (χ0) is 26.9. The van der Waals surface area contributed by atoms with Crippen molar-refractivity contribution in [2.45, 2.75) is 35.4 Å². The molecule has 1 heterocycles. The van der Waals surface area contributed by atoms with Gasteiger partial charge < -0.3 is 26.3 Å². The molecule has 12 nitrogen and oxygen atoms in total. The third-order valence-electron chi connectivity index (χ3n) is 5.88. The van der Waals surface area contributed by atoms with Gasteiger partial charge in [0.1, 0.15) is 18.2 Å². The monoisotopic (exact) mass is 532 g/mol. The van der Waals surface area contributed by atoms with Crippen LogP contribution in [0.3, 0.4) is 0 Å². The molecular formula is C24H32N6O6S. The lowest BCUT2D eigenvalue weighted by molar-refractivity contribution is -0.123. The number of nitrogens with zero attached hydrogens (tertiary/aromatic N) is 2. The summed E-state index contributed by atoms with van der Waals surface area (Å²) >= 11 is 0. The Bertz CT molecular complexity index is 1200. The predicted octanol–water partition coefficient (Wildman–Crippen LogP) is 0.0280. The fourth-order valence-corrected chi connectivity index (χ4v) is 5.80. The summed E-state index contributed by atoms with van der Waals surface area (Å²) in [5, 5.41) is 7.82. The number of hydrogen-bond donors (Lipinski definition) is 4. The number of primary amides is 1. The van der Waals surface area contributed by atoms with Crippen molar-refractivity contribution in [2.75, 3.05) is 26.4 Å². The van der Waals surface area contributed by atoms with E-state index >= 15 is 0 Å².